The summed E-state index contributed by atoms with van der Waals surface area (Å²) in [6.45, 7) is 7.47. The first-order chi connectivity index (χ1) is 15.7. The molecule has 0 aliphatic carbocycles. The molecule has 2 heterocycles. The van der Waals surface area contributed by atoms with Crippen LogP contribution in [0, 0.1) is 12.8 Å². The summed E-state index contributed by atoms with van der Waals surface area (Å²) in [5, 5.41) is 3.08. The molecule has 10 heteroatoms. The van der Waals surface area contributed by atoms with Crippen LogP contribution in [-0.2, 0) is 9.53 Å². The summed E-state index contributed by atoms with van der Waals surface area (Å²) >= 11 is 1.11. The molecule has 2 aromatic heterocycles. The number of thiophene rings is 1. The van der Waals surface area contributed by atoms with Crippen LogP contribution in [0.1, 0.15) is 42.0 Å². The third-order valence-electron chi connectivity index (χ3n) is 5.06. The molecule has 0 saturated carbocycles. The van der Waals surface area contributed by atoms with E-state index >= 15 is 0 Å². The minimum absolute atomic E-state index is 0.198. The summed E-state index contributed by atoms with van der Waals surface area (Å²) in [6.07, 6.45) is 1.32. The number of hydrogen-bond donors (Lipinski definition) is 1. The number of aromatic nitrogens is 2. The first kappa shape index (κ1) is 24.2. The van der Waals surface area contributed by atoms with Crippen LogP contribution in [-0.4, -0.2) is 42.3 Å². The molecule has 1 amide bonds. The lowest BCUT2D eigenvalue weighted by atomic mass is 10.2. The van der Waals surface area contributed by atoms with E-state index < -0.39 is 23.5 Å². The number of rotatable bonds is 8. The van der Waals surface area contributed by atoms with Gasteiger partial charge < -0.3 is 19.5 Å². The number of esters is 1. The van der Waals surface area contributed by atoms with Crippen LogP contribution in [0.15, 0.2) is 29.3 Å². The van der Waals surface area contributed by atoms with E-state index in [2.05, 4.69) is 10.3 Å². The normalized spacial score (nSPS) is 12.0. The molecule has 0 saturated heterocycles. The van der Waals surface area contributed by atoms with Gasteiger partial charge in [0.15, 0.2) is 11.5 Å². The molecule has 176 valence electrons. The Morgan fingerprint density at radius 1 is 1.15 bits per heavy atom. The summed E-state index contributed by atoms with van der Waals surface area (Å²) in [4.78, 5) is 43.6. The molecule has 0 bridgehead atoms. The molecule has 0 radical (unpaired) electrons. The number of fused-ring (bicyclic) bond motifs is 1. The van der Waals surface area contributed by atoms with Gasteiger partial charge in [-0.2, -0.15) is 0 Å². The first-order valence-electron chi connectivity index (χ1n) is 10.4. The molecule has 0 aliphatic rings. The van der Waals surface area contributed by atoms with Crippen LogP contribution in [0.3, 0.4) is 0 Å². The molecule has 0 aliphatic heterocycles. The van der Waals surface area contributed by atoms with Crippen LogP contribution < -0.4 is 20.3 Å². The van der Waals surface area contributed by atoms with Gasteiger partial charge in [-0.05, 0) is 37.5 Å². The largest absolute Gasteiger partial charge is 0.493 e. The Balaban J connectivity index is 1.88. The third kappa shape index (κ3) is 5.00. The Hall–Kier alpha value is -3.40. The van der Waals surface area contributed by atoms with E-state index in [9.17, 15) is 14.4 Å². The van der Waals surface area contributed by atoms with E-state index in [1.165, 1.54) is 25.1 Å². The molecular weight excluding hydrogens is 446 g/mol. The average molecular weight is 474 g/mol. The van der Waals surface area contributed by atoms with Crippen molar-refractivity contribution < 1.29 is 23.8 Å². The van der Waals surface area contributed by atoms with Crippen LogP contribution in [0.4, 0.5) is 5.69 Å². The van der Waals surface area contributed by atoms with E-state index in [1.807, 2.05) is 13.8 Å². The number of amides is 1. The topological polar surface area (TPSA) is 109 Å². The second-order valence-electron chi connectivity index (χ2n) is 7.92. The van der Waals surface area contributed by atoms with Gasteiger partial charge in [0, 0.05) is 11.8 Å². The first-order valence-corrected chi connectivity index (χ1v) is 11.2. The summed E-state index contributed by atoms with van der Waals surface area (Å²) in [5.41, 5.74) is 0.600. The molecule has 1 atom stereocenters. The number of anilines is 1. The lowest BCUT2D eigenvalue weighted by molar-refractivity contribution is -0.118. The van der Waals surface area contributed by atoms with Gasteiger partial charge in [-0.1, -0.05) is 13.8 Å². The predicted molar refractivity (Wildman–Crippen MR) is 127 cm³/mol. The molecule has 0 spiro atoms. The van der Waals surface area contributed by atoms with Crippen molar-refractivity contribution in [2.75, 3.05) is 26.1 Å². The maximum absolute atomic E-state index is 13.2. The van der Waals surface area contributed by atoms with Crippen molar-refractivity contribution in [2.45, 2.75) is 33.7 Å². The van der Waals surface area contributed by atoms with Gasteiger partial charge in [0.2, 0.25) is 5.91 Å². The van der Waals surface area contributed by atoms with Crippen molar-refractivity contribution in [3.63, 3.8) is 0 Å². The molecule has 33 heavy (non-hydrogen) atoms. The van der Waals surface area contributed by atoms with E-state index in [1.54, 1.807) is 32.0 Å². The van der Waals surface area contributed by atoms with Crippen molar-refractivity contribution in [1.82, 2.24) is 9.55 Å². The number of benzene rings is 1. The maximum atomic E-state index is 13.2. The average Bonchev–Trinajstić information content (AvgIpc) is 3.14. The molecule has 0 fully saturated rings. The van der Waals surface area contributed by atoms with Crippen molar-refractivity contribution >= 4 is 39.1 Å². The minimum atomic E-state index is -0.849. The number of nitrogens with zero attached hydrogens (tertiary/aromatic N) is 2. The number of hydrogen-bond acceptors (Lipinski definition) is 8. The van der Waals surface area contributed by atoms with Crippen LogP contribution in [0.5, 0.6) is 11.5 Å². The SMILES string of the molecule is COc1ccc(NC(=O)C(C)n2cnc3sc(C(=O)OCC(C)C)c(C)c3c2=O)cc1OC. The van der Waals surface area contributed by atoms with E-state index in [0.717, 1.165) is 11.3 Å². The van der Waals surface area contributed by atoms with Crippen LogP contribution in [0.2, 0.25) is 0 Å². The zero-order valence-electron chi connectivity index (χ0n) is 19.4. The van der Waals surface area contributed by atoms with Crippen molar-refractivity contribution in [2.24, 2.45) is 5.92 Å². The Morgan fingerprint density at radius 3 is 2.48 bits per heavy atom. The van der Waals surface area contributed by atoms with Crippen molar-refractivity contribution in [3.8, 4) is 11.5 Å². The second-order valence-corrected chi connectivity index (χ2v) is 8.92. The highest BCUT2D eigenvalue weighted by Gasteiger charge is 2.24. The molecule has 1 unspecified atom stereocenters. The highest BCUT2D eigenvalue weighted by Crippen LogP contribution is 2.30. The van der Waals surface area contributed by atoms with Gasteiger partial charge in [-0.15, -0.1) is 11.3 Å². The van der Waals surface area contributed by atoms with Gasteiger partial charge >= 0.3 is 5.97 Å². The number of carbonyl (C=O) groups excluding carboxylic acids is 2. The monoisotopic (exact) mass is 473 g/mol. The number of ether oxygens (including phenoxy) is 3. The van der Waals surface area contributed by atoms with Gasteiger partial charge in [-0.3, -0.25) is 14.2 Å². The summed E-state index contributed by atoms with van der Waals surface area (Å²) in [6, 6.07) is 4.13. The molecule has 1 N–H and O–H groups in total. The van der Waals surface area contributed by atoms with Gasteiger partial charge in [-0.25, -0.2) is 9.78 Å². The standard InChI is InChI=1S/C23H27N3O6S/c1-12(2)10-32-23(29)19-13(3)18-21(33-19)24-11-26(22(18)28)14(4)20(27)25-15-7-8-16(30-5)17(9-15)31-6/h7-9,11-12,14H,10H2,1-6H3,(H,25,27). The number of carbonyl (C=O) groups is 2. The zero-order valence-corrected chi connectivity index (χ0v) is 20.2. The number of methoxy groups -OCH3 is 2. The van der Waals surface area contributed by atoms with Crippen molar-refractivity contribution in [1.29, 1.82) is 0 Å². The highest BCUT2D eigenvalue weighted by atomic mass is 32.1. The molecule has 9 nitrogen and oxygen atoms in total. The molecule has 3 aromatic rings. The zero-order chi connectivity index (χ0) is 24.3. The smallest absolute Gasteiger partial charge is 0.348 e. The summed E-state index contributed by atoms with van der Waals surface area (Å²) in [5.74, 6) is 0.312. The Kier molecular flexibility index (Phi) is 7.37. The minimum Gasteiger partial charge on any atom is -0.493 e. The fourth-order valence-electron chi connectivity index (χ4n) is 3.20. The molecule has 3 rings (SSSR count). The Bertz CT molecular complexity index is 1250. The summed E-state index contributed by atoms with van der Waals surface area (Å²) < 4.78 is 17.0. The maximum Gasteiger partial charge on any atom is 0.348 e. The lowest BCUT2D eigenvalue weighted by Gasteiger charge is -2.16. The second kappa shape index (κ2) is 10.0. The Labute approximate surface area is 195 Å². The number of nitrogens with one attached hydrogen (secondary N) is 1. The number of aryl methyl sites for hydroxylation is 1. The van der Waals surface area contributed by atoms with Crippen LogP contribution >= 0.6 is 11.3 Å². The molecule has 1 aromatic carbocycles. The quantitative estimate of drug-likeness (QED) is 0.496. The molecular formula is C23H27N3O6S. The van der Waals surface area contributed by atoms with Gasteiger partial charge in [0.1, 0.15) is 15.7 Å². The van der Waals surface area contributed by atoms with E-state index in [0.29, 0.717) is 37.8 Å². The highest BCUT2D eigenvalue weighted by molar-refractivity contribution is 7.20. The van der Waals surface area contributed by atoms with E-state index in [-0.39, 0.29) is 12.5 Å². The predicted octanol–water partition coefficient (Wildman–Crippen LogP) is 3.80. The Morgan fingerprint density at radius 2 is 1.85 bits per heavy atom. The fraction of sp³-hybridized carbons (Fsp3) is 0.391. The van der Waals surface area contributed by atoms with Gasteiger partial charge in [0.05, 0.1) is 32.5 Å². The lowest BCUT2D eigenvalue weighted by Crippen LogP contribution is -2.31. The van der Waals surface area contributed by atoms with Crippen LogP contribution in [0.25, 0.3) is 10.2 Å². The summed E-state index contributed by atoms with van der Waals surface area (Å²) in [7, 11) is 3.03. The fourth-order valence-corrected chi connectivity index (χ4v) is 4.24. The third-order valence-corrected chi connectivity index (χ3v) is 6.24. The van der Waals surface area contributed by atoms with E-state index in [4.69, 9.17) is 14.2 Å². The van der Waals surface area contributed by atoms with Gasteiger partial charge in [0.25, 0.3) is 5.56 Å². The van der Waals surface area contributed by atoms with Crippen molar-refractivity contribution in [3.05, 3.63) is 45.3 Å².